The summed E-state index contributed by atoms with van der Waals surface area (Å²) < 4.78 is 0. The molecule has 0 fully saturated rings. The predicted octanol–water partition coefficient (Wildman–Crippen LogP) is 2.73. The standard InChI is InChI=1S/C17H16O2S/c1-3-20-15-7-5-4-6-13(15)17(19)14-10-12(11(2)18)8-9-16(14)20/h4-10,13H,3H2,1-2H3/p+1. The minimum atomic E-state index is -0.455. The van der Waals surface area contributed by atoms with Crippen LogP contribution in [0.1, 0.15) is 34.6 Å². The Hall–Kier alpha value is -1.74. The van der Waals surface area contributed by atoms with Crippen LogP contribution in [0.15, 0.2) is 47.4 Å². The monoisotopic (exact) mass is 285 g/mol. The van der Waals surface area contributed by atoms with Crippen LogP contribution in [0, 0.1) is 5.92 Å². The van der Waals surface area contributed by atoms with E-state index >= 15 is 0 Å². The first-order chi connectivity index (χ1) is 9.63. The first-order valence-electron chi connectivity index (χ1n) is 6.82. The molecule has 0 aromatic heterocycles. The minimum absolute atomic E-state index is 0.00952. The number of ketones is 2. The highest BCUT2D eigenvalue weighted by Gasteiger charge is 2.36. The molecule has 2 nitrogen and oxygen atoms in total. The van der Waals surface area contributed by atoms with Crippen molar-refractivity contribution in [2.75, 3.05) is 5.75 Å². The fourth-order valence-corrected chi connectivity index (χ4v) is 5.37. The van der Waals surface area contributed by atoms with Crippen LogP contribution in [-0.4, -0.2) is 22.2 Å². The van der Waals surface area contributed by atoms with Gasteiger partial charge in [0.05, 0.1) is 11.3 Å². The fraction of sp³-hybridized carbons (Fsp3) is 0.235. The normalized spacial score (nSPS) is 23.5. The van der Waals surface area contributed by atoms with Gasteiger partial charge in [-0.3, -0.25) is 9.59 Å². The van der Waals surface area contributed by atoms with Crippen molar-refractivity contribution >= 4 is 26.9 Å². The van der Waals surface area contributed by atoms with Crippen LogP contribution >= 0.6 is 0 Å². The van der Waals surface area contributed by atoms with E-state index in [1.807, 2.05) is 30.4 Å². The van der Waals surface area contributed by atoms with Crippen molar-refractivity contribution in [2.24, 2.45) is 5.92 Å². The maximum Gasteiger partial charge on any atom is 0.183 e. The van der Waals surface area contributed by atoms with Gasteiger partial charge in [-0.05, 0) is 38.1 Å². The number of carbonyl (C=O) groups is 2. The minimum Gasteiger partial charge on any atom is -0.295 e. The van der Waals surface area contributed by atoms with Gasteiger partial charge in [0.15, 0.2) is 11.6 Å². The van der Waals surface area contributed by atoms with Gasteiger partial charge in [0.1, 0.15) is 15.7 Å². The lowest BCUT2D eigenvalue weighted by atomic mass is 9.90. The Labute approximate surface area is 121 Å². The molecule has 0 saturated carbocycles. The van der Waals surface area contributed by atoms with Gasteiger partial charge >= 0.3 is 0 Å². The van der Waals surface area contributed by atoms with Gasteiger partial charge in [-0.15, -0.1) is 10.5 Å². The number of hydrogen-bond acceptors (Lipinski definition) is 2. The van der Waals surface area contributed by atoms with Crippen molar-refractivity contribution in [3.8, 4) is 0 Å². The summed E-state index contributed by atoms with van der Waals surface area (Å²) in [5.41, 5.74) is 1.38. The second-order valence-corrected chi connectivity index (χ2v) is 7.53. The second-order valence-electron chi connectivity index (χ2n) is 5.04. The Morgan fingerprint density at radius 1 is 1.30 bits per heavy atom. The van der Waals surface area contributed by atoms with Crippen LogP contribution in [-0.2, 0) is 10.5 Å². The average Bonchev–Trinajstić information content (AvgIpc) is 2.47. The zero-order valence-corrected chi connectivity index (χ0v) is 12.5. The molecule has 0 saturated heterocycles. The Kier molecular flexibility index (Phi) is 3.30. The van der Waals surface area contributed by atoms with E-state index in [4.69, 9.17) is 0 Å². The van der Waals surface area contributed by atoms with Crippen molar-refractivity contribution in [3.63, 3.8) is 0 Å². The Balaban J connectivity index is 2.26. The smallest absolute Gasteiger partial charge is 0.183 e. The van der Waals surface area contributed by atoms with Crippen LogP contribution < -0.4 is 0 Å². The highest BCUT2D eigenvalue weighted by molar-refractivity contribution is 7.97. The van der Waals surface area contributed by atoms with Crippen molar-refractivity contribution in [1.29, 1.82) is 0 Å². The molecule has 0 bridgehead atoms. The van der Waals surface area contributed by atoms with E-state index in [0.29, 0.717) is 5.56 Å². The number of thiol groups is 1. The second kappa shape index (κ2) is 4.98. The number of hydrogen-bond donors (Lipinski definition) is 0. The molecule has 2 unspecified atom stereocenters. The topological polar surface area (TPSA) is 34.1 Å². The Bertz CT molecular complexity index is 708. The molecule has 3 heteroatoms. The van der Waals surface area contributed by atoms with Crippen molar-refractivity contribution in [1.82, 2.24) is 0 Å². The maximum atomic E-state index is 12.7. The molecule has 1 aliphatic heterocycles. The zero-order valence-electron chi connectivity index (χ0n) is 11.6. The molecule has 1 heterocycles. The SMILES string of the molecule is CC[SH+]1=C2C=CC=CC2C(=O)c2cc(C(C)=O)ccc21. The number of Topliss-reactive ketones (excluding diaryl/α,β-unsaturated/α-hetero) is 2. The molecule has 0 radical (unpaired) electrons. The molecule has 0 amide bonds. The Morgan fingerprint density at radius 3 is 2.80 bits per heavy atom. The van der Waals surface area contributed by atoms with Gasteiger partial charge in [-0.25, -0.2) is 0 Å². The van der Waals surface area contributed by atoms with Crippen LogP contribution in [0.5, 0.6) is 0 Å². The molecule has 2 atom stereocenters. The lowest BCUT2D eigenvalue weighted by Crippen LogP contribution is -2.32. The molecule has 3 rings (SSSR count). The van der Waals surface area contributed by atoms with Crippen LogP contribution in [0.4, 0.5) is 0 Å². The van der Waals surface area contributed by atoms with E-state index in [-0.39, 0.29) is 17.5 Å². The Morgan fingerprint density at radius 2 is 2.10 bits per heavy atom. The van der Waals surface area contributed by atoms with Gasteiger partial charge in [0.25, 0.3) is 0 Å². The molecular formula is C17H17O2S+. The average molecular weight is 285 g/mol. The summed E-state index contributed by atoms with van der Waals surface area (Å²) in [4.78, 5) is 26.6. The number of rotatable bonds is 2. The number of fused-ring (bicyclic) bond motifs is 2. The highest BCUT2D eigenvalue weighted by Crippen LogP contribution is 2.30. The van der Waals surface area contributed by atoms with E-state index < -0.39 is 10.5 Å². The third-order valence-corrected chi connectivity index (χ3v) is 6.52. The van der Waals surface area contributed by atoms with Gasteiger partial charge in [-0.2, -0.15) is 0 Å². The van der Waals surface area contributed by atoms with Gasteiger partial charge < -0.3 is 0 Å². The van der Waals surface area contributed by atoms with E-state index in [1.54, 1.807) is 13.0 Å². The molecular weight excluding hydrogens is 268 g/mol. The largest absolute Gasteiger partial charge is 0.295 e. The molecule has 1 aromatic rings. The van der Waals surface area contributed by atoms with Gasteiger partial charge in [0, 0.05) is 5.56 Å². The van der Waals surface area contributed by atoms with Crippen molar-refractivity contribution in [2.45, 2.75) is 18.7 Å². The van der Waals surface area contributed by atoms with E-state index in [0.717, 1.165) is 16.2 Å². The molecule has 102 valence electrons. The number of benzene rings is 1. The molecule has 20 heavy (non-hydrogen) atoms. The fourth-order valence-electron chi connectivity index (χ4n) is 2.86. The summed E-state index contributed by atoms with van der Waals surface area (Å²) in [7, 11) is -0.455. The van der Waals surface area contributed by atoms with E-state index in [9.17, 15) is 9.59 Å². The summed E-state index contributed by atoms with van der Waals surface area (Å²) in [5.74, 6) is 1.04. The quantitative estimate of drug-likeness (QED) is 0.362. The van der Waals surface area contributed by atoms with Crippen LogP contribution in [0.3, 0.4) is 0 Å². The van der Waals surface area contributed by atoms with Crippen LogP contribution in [0.2, 0.25) is 0 Å². The molecule has 0 spiro atoms. The van der Waals surface area contributed by atoms with Gasteiger partial charge in [0.2, 0.25) is 0 Å². The zero-order chi connectivity index (χ0) is 14.3. The van der Waals surface area contributed by atoms with Gasteiger partial charge in [-0.1, -0.05) is 18.2 Å². The molecule has 1 aliphatic carbocycles. The molecule has 1 aromatic carbocycles. The van der Waals surface area contributed by atoms with E-state index in [2.05, 4.69) is 13.0 Å². The number of allylic oxidation sites excluding steroid dienone is 4. The summed E-state index contributed by atoms with van der Waals surface area (Å²) in [6, 6.07) is 5.62. The summed E-state index contributed by atoms with van der Waals surface area (Å²) >= 11 is 0. The van der Waals surface area contributed by atoms with Crippen LogP contribution in [0.25, 0.3) is 0 Å². The molecule has 2 aliphatic rings. The first-order valence-corrected chi connectivity index (χ1v) is 8.34. The lowest BCUT2D eigenvalue weighted by molar-refractivity contribution is 0.0969. The summed E-state index contributed by atoms with van der Waals surface area (Å²) in [6.07, 6.45) is 8.03. The predicted molar refractivity (Wildman–Crippen MR) is 85.1 cm³/mol. The van der Waals surface area contributed by atoms with Crippen molar-refractivity contribution in [3.05, 3.63) is 53.6 Å². The highest BCUT2D eigenvalue weighted by atomic mass is 32.2. The van der Waals surface area contributed by atoms with E-state index in [1.165, 1.54) is 4.86 Å². The number of carbonyl (C=O) groups excluding carboxylic acids is 2. The van der Waals surface area contributed by atoms with Crippen molar-refractivity contribution < 1.29 is 9.59 Å². The molecule has 0 N–H and O–H groups in total. The summed E-state index contributed by atoms with van der Waals surface area (Å²) in [5, 5.41) is 0. The lowest BCUT2D eigenvalue weighted by Gasteiger charge is -2.23. The summed E-state index contributed by atoms with van der Waals surface area (Å²) in [6.45, 7) is 3.71. The first kappa shape index (κ1) is 13.3. The third-order valence-electron chi connectivity index (χ3n) is 3.87. The third kappa shape index (κ3) is 1.93. The maximum absolute atomic E-state index is 12.7.